The van der Waals surface area contributed by atoms with E-state index in [0.717, 1.165) is 44.3 Å². The number of aliphatic imine (C=N–C) groups is 1. The number of rotatable bonds is 9. The second kappa shape index (κ2) is 11.1. The van der Waals surface area contributed by atoms with Gasteiger partial charge in [-0.15, -0.1) is 0 Å². The summed E-state index contributed by atoms with van der Waals surface area (Å²) in [7, 11) is -2.97. The van der Waals surface area contributed by atoms with Gasteiger partial charge in [0.05, 0.1) is 25.5 Å². The van der Waals surface area contributed by atoms with Gasteiger partial charge in [0.25, 0.3) is 0 Å². The van der Waals surface area contributed by atoms with Crippen molar-refractivity contribution in [3.05, 3.63) is 24.4 Å². The van der Waals surface area contributed by atoms with Crippen LogP contribution in [-0.4, -0.2) is 76.8 Å². The van der Waals surface area contributed by atoms with Crippen LogP contribution in [0.5, 0.6) is 0 Å². The fourth-order valence-electron chi connectivity index (χ4n) is 2.84. The quantitative estimate of drug-likeness (QED) is 0.359. The lowest BCUT2D eigenvalue weighted by Gasteiger charge is -2.33. The van der Waals surface area contributed by atoms with E-state index in [-0.39, 0.29) is 12.4 Å². The number of nitrogens with one attached hydrogen (secondary N) is 2. The van der Waals surface area contributed by atoms with Crippen LogP contribution in [0, 0.1) is 0 Å². The molecule has 0 radical (unpaired) electrons. The Kier molecular flexibility index (Phi) is 8.80. The SMILES string of the molecule is CCNC(=NCCOCCS(C)(=O)=O)NC1CCN(c2ccccn2)CC1. The molecule has 1 aliphatic heterocycles. The first-order chi connectivity index (χ1) is 13.0. The topological polar surface area (TPSA) is 95.9 Å². The van der Waals surface area contributed by atoms with Gasteiger partial charge in [0.2, 0.25) is 0 Å². The fourth-order valence-corrected chi connectivity index (χ4v) is 3.26. The molecular weight excluding hydrogens is 366 g/mol. The van der Waals surface area contributed by atoms with Crippen molar-refractivity contribution < 1.29 is 13.2 Å². The van der Waals surface area contributed by atoms with Gasteiger partial charge in [0.1, 0.15) is 15.7 Å². The molecule has 0 unspecified atom stereocenters. The van der Waals surface area contributed by atoms with E-state index in [2.05, 4.69) is 25.5 Å². The summed E-state index contributed by atoms with van der Waals surface area (Å²) in [6.07, 6.45) is 5.08. The molecule has 0 saturated carbocycles. The predicted molar refractivity (Wildman–Crippen MR) is 109 cm³/mol. The first kappa shape index (κ1) is 21.4. The van der Waals surface area contributed by atoms with Gasteiger partial charge < -0.3 is 20.3 Å². The highest BCUT2D eigenvalue weighted by Gasteiger charge is 2.20. The molecule has 2 N–H and O–H groups in total. The number of ether oxygens (including phenoxy) is 1. The van der Waals surface area contributed by atoms with E-state index >= 15 is 0 Å². The highest BCUT2D eigenvalue weighted by atomic mass is 32.2. The maximum atomic E-state index is 11.1. The van der Waals surface area contributed by atoms with Crippen molar-refractivity contribution in [2.45, 2.75) is 25.8 Å². The molecule has 1 fully saturated rings. The van der Waals surface area contributed by atoms with Crippen molar-refractivity contribution in [3.8, 4) is 0 Å². The number of hydrogen-bond donors (Lipinski definition) is 2. The van der Waals surface area contributed by atoms with Crippen molar-refractivity contribution >= 4 is 21.6 Å². The van der Waals surface area contributed by atoms with Crippen LogP contribution in [0.4, 0.5) is 5.82 Å². The maximum absolute atomic E-state index is 11.1. The van der Waals surface area contributed by atoms with Crippen LogP contribution in [0.1, 0.15) is 19.8 Å². The second-order valence-electron chi connectivity index (χ2n) is 6.60. The van der Waals surface area contributed by atoms with Gasteiger partial charge in [-0.25, -0.2) is 13.4 Å². The van der Waals surface area contributed by atoms with Crippen molar-refractivity contribution in [1.82, 2.24) is 15.6 Å². The minimum absolute atomic E-state index is 0.0455. The van der Waals surface area contributed by atoms with Crippen LogP contribution in [0.3, 0.4) is 0 Å². The Bertz CT molecular complexity index is 673. The Balaban J connectivity index is 1.72. The fraction of sp³-hybridized carbons (Fsp3) is 0.667. The number of aromatic nitrogens is 1. The zero-order chi connectivity index (χ0) is 19.5. The van der Waals surface area contributed by atoms with Crippen LogP contribution in [0.2, 0.25) is 0 Å². The maximum Gasteiger partial charge on any atom is 0.191 e. The molecule has 1 aromatic rings. The molecule has 0 amide bonds. The van der Waals surface area contributed by atoms with Crippen LogP contribution in [-0.2, 0) is 14.6 Å². The standard InChI is InChI=1S/C18H31N5O3S/c1-3-19-18(21-10-13-26-14-15-27(2,24)25)22-16-7-11-23(12-8-16)17-6-4-5-9-20-17/h4-6,9,16H,3,7-8,10-15H2,1-2H3,(H2,19,21,22). The van der Waals surface area contributed by atoms with E-state index in [1.165, 1.54) is 6.26 Å². The van der Waals surface area contributed by atoms with Crippen molar-refractivity contribution in [2.24, 2.45) is 4.99 Å². The summed E-state index contributed by atoms with van der Waals surface area (Å²) >= 11 is 0. The third-order valence-corrected chi connectivity index (χ3v) is 5.17. The van der Waals surface area contributed by atoms with Gasteiger partial charge in [0, 0.05) is 38.1 Å². The summed E-state index contributed by atoms with van der Waals surface area (Å²) in [6, 6.07) is 6.36. The summed E-state index contributed by atoms with van der Waals surface area (Å²) in [5.41, 5.74) is 0. The van der Waals surface area contributed by atoms with Gasteiger partial charge in [0.15, 0.2) is 5.96 Å². The molecule has 0 aliphatic carbocycles. The largest absolute Gasteiger partial charge is 0.378 e. The molecule has 0 aromatic carbocycles. The third-order valence-electron chi connectivity index (χ3n) is 4.26. The van der Waals surface area contributed by atoms with Crippen LogP contribution < -0.4 is 15.5 Å². The normalized spacial score (nSPS) is 16.4. The van der Waals surface area contributed by atoms with E-state index in [4.69, 9.17) is 4.74 Å². The van der Waals surface area contributed by atoms with Gasteiger partial charge in [-0.1, -0.05) is 6.07 Å². The third kappa shape index (κ3) is 8.57. The highest BCUT2D eigenvalue weighted by Crippen LogP contribution is 2.17. The average molecular weight is 398 g/mol. The first-order valence-electron chi connectivity index (χ1n) is 9.44. The summed E-state index contributed by atoms with van der Waals surface area (Å²) < 4.78 is 27.5. The van der Waals surface area contributed by atoms with Crippen molar-refractivity contribution in [2.75, 3.05) is 56.3 Å². The average Bonchev–Trinajstić information content (AvgIpc) is 2.65. The Morgan fingerprint density at radius 1 is 1.33 bits per heavy atom. The predicted octanol–water partition coefficient (Wildman–Crippen LogP) is 0.667. The lowest BCUT2D eigenvalue weighted by atomic mass is 10.1. The first-order valence-corrected chi connectivity index (χ1v) is 11.5. The molecule has 9 heteroatoms. The monoisotopic (exact) mass is 397 g/mol. The van der Waals surface area contributed by atoms with Gasteiger partial charge >= 0.3 is 0 Å². The number of piperidine rings is 1. The number of hydrogen-bond acceptors (Lipinski definition) is 6. The molecule has 0 atom stereocenters. The number of anilines is 1. The smallest absolute Gasteiger partial charge is 0.191 e. The van der Waals surface area contributed by atoms with E-state index in [1.54, 1.807) is 0 Å². The number of nitrogens with zero attached hydrogens (tertiary/aromatic N) is 3. The van der Waals surface area contributed by atoms with Crippen LogP contribution >= 0.6 is 0 Å². The van der Waals surface area contributed by atoms with Gasteiger partial charge in [-0.2, -0.15) is 0 Å². The molecule has 8 nitrogen and oxygen atoms in total. The molecule has 1 aliphatic rings. The number of guanidine groups is 1. The molecular formula is C18H31N5O3S. The summed E-state index contributed by atoms with van der Waals surface area (Å²) in [6.45, 7) is 5.85. The summed E-state index contributed by atoms with van der Waals surface area (Å²) in [5, 5.41) is 6.73. The van der Waals surface area contributed by atoms with Gasteiger partial charge in [-0.3, -0.25) is 4.99 Å². The van der Waals surface area contributed by atoms with E-state index in [9.17, 15) is 8.42 Å². The molecule has 27 heavy (non-hydrogen) atoms. The second-order valence-corrected chi connectivity index (χ2v) is 8.86. The summed E-state index contributed by atoms with van der Waals surface area (Å²) in [4.78, 5) is 11.2. The minimum Gasteiger partial charge on any atom is -0.378 e. The zero-order valence-corrected chi connectivity index (χ0v) is 17.0. The van der Waals surface area contributed by atoms with E-state index in [1.807, 2.05) is 31.3 Å². The molecule has 152 valence electrons. The molecule has 1 aromatic heterocycles. The zero-order valence-electron chi connectivity index (χ0n) is 16.2. The number of sulfone groups is 1. The van der Waals surface area contributed by atoms with Crippen LogP contribution in [0.15, 0.2) is 29.4 Å². The van der Waals surface area contributed by atoms with Crippen molar-refractivity contribution in [3.63, 3.8) is 0 Å². The number of pyridine rings is 1. The molecule has 2 heterocycles. The van der Waals surface area contributed by atoms with E-state index in [0.29, 0.717) is 19.2 Å². The highest BCUT2D eigenvalue weighted by molar-refractivity contribution is 7.90. The lowest BCUT2D eigenvalue weighted by molar-refractivity contribution is 0.157. The van der Waals surface area contributed by atoms with Crippen LogP contribution in [0.25, 0.3) is 0 Å². The Morgan fingerprint density at radius 3 is 2.74 bits per heavy atom. The Morgan fingerprint density at radius 2 is 2.11 bits per heavy atom. The van der Waals surface area contributed by atoms with E-state index < -0.39 is 9.84 Å². The molecule has 0 spiro atoms. The minimum atomic E-state index is -2.97. The Hall–Kier alpha value is -1.87. The van der Waals surface area contributed by atoms with Crippen molar-refractivity contribution in [1.29, 1.82) is 0 Å². The molecule has 0 bridgehead atoms. The molecule has 2 rings (SSSR count). The lowest BCUT2D eigenvalue weighted by Crippen LogP contribution is -2.49. The van der Waals surface area contributed by atoms with Gasteiger partial charge in [-0.05, 0) is 31.9 Å². The summed E-state index contributed by atoms with van der Waals surface area (Å²) in [5.74, 6) is 1.85. The Labute approximate surface area is 162 Å². The molecule has 1 saturated heterocycles.